The third-order valence-corrected chi connectivity index (χ3v) is 7.45. The van der Waals surface area contributed by atoms with Crippen molar-refractivity contribution in [2.45, 2.75) is 19.4 Å². The molecule has 31 heavy (non-hydrogen) atoms. The second-order valence-corrected chi connectivity index (χ2v) is 10.5. The summed E-state index contributed by atoms with van der Waals surface area (Å²) in [6.45, 7) is 1.58. The first-order chi connectivity index (χ1) is 14.9. The van der Waals surface area contributed by atoms with Crippen LogP contribution in [-0.4, -0.2) is 30.8 Å². The molecule has 0 aliphatic carbocycles. The third kappa shape index (κ3) is 4.81. The lowest BCUT2D eigenvalue weighted by Gasteiger charge is -2.20. The summed E-state index contributed by atoms with van der Waals surface area (Å²) in [5, 5.41) is 8.63. The minimum Gasteiger partial charge on any atom is -0.284 e. The van der Waals surface area contributed by atoms with Gasteiger partial charge in [-0.25, -0.2) is 13.4 Å². The predicted molar refractivity (Wildman–Crippen MR) is 125 cm³/mol. The highest BCUT2D eigenvalue weighted by atomic mass is 35.5. The maximum absolute atomic E-state index is 13.2. The SMILES string of the molecule is CCS(=O)(=O)Nc1ccc(C2=NN(C(=O)c3cccc(Cl)c3)[C@H](c3cccs3)C2)cc1. The Morgan fingerprint density at radius 1 is 1.19 bits per heavy atom. The van der Waals surface area contributed by atoms with Crippen molar-refractivity contribution in [2.24, 2.45) is 5.10 Å². The second kappa shape index (κ2) is 8.82. The Kier molecular flexibility index (Phi) is 6.13. The molecule has 0 bridgehead atoms. The first-order valence-corrected chi connectivity index (χ1v) is 12.6. The Morgan fingerprint density at radius 2 is 1.97 bits per heavy atom. The standard InChI is InChI=1S/C22H20ClN3O3S2/c1-2-31(28,29)25-18-10-8-15(9-11-18)19-14-20(21-7-4-12-30-21)26(24-19)22(27)16-5-3-6-17(23)13-16/h3-13,20,25H,2,14H2,1H3/t20-/m0/s1. The van der Waals surface area contributed by atoms with E-state index in [0.29, 0.717) is 22.7 Å². The maximum Gasteiger partial charge on any atom is 0.274 e. The molecule has 1 aliphatic heterocycles. The van der Waals surface area contributed by atoms with Gasteiger partial charge in [0, 0.05) is 27.6 Å². The lowest BCUT2D eigenvalue weighted by Crippen LogP contribution is -2.26. The molecule has 160 valence electrons. The van der Waals surface area contributed by atoms with Crippen LogP contribution in [0.2, 0.25) is 5.02 Å². The number of hydrogen-bond donors (Lipinski definition) is 1. The fraction of sp³-hybridized carbons (Fsp3) is 0.182. The van der Waals surface area contributed by atoms with E-state index < -0.39 is 10.0 Å². The molecule has 0 spiro atoms. The molecule has 0 radical (unpaired) electrons. The van der Waals surface area contributed by atoms with Crippen LogP contribution in [0.3, 0.4) is 0 Å². The van der Waals surface area contributed by atoms with Crippen LogP contribution in [-0.2, 0) is 10.0 Å². The number of thiophene rings is 1. The summed E-state index contributed by atoms with van der Waals surface area (Å²) in [5.41, 5.74) is 2.57. The Morgan fingerprint density at radius 3 is 2.61 bits per heavy atom. The monoisotopic (exact) mass is 473 g/mol. The molecule has 0 saturated carbocycles. The van der Waals surface area contributed by atoms with E-state index in [2.05, 4.69) is 9.82 Å². The highest BCUT2D eigenvalue weighted by Gasteiger charge is 2.34. The van der Waals surface area contributed by atoms with E-state index in [4.69, 9.17) is 11.6 Å². The van der Waals surface area contributed by atoms with Gasteiger partial charge >= 0.3 is 0 Å². The fourth-order valence-electron chi connectivity index (χ4n) is 3.31. The fourth-order valence-corrected chi connectivity index (χ4v) is 4.95. The number of hydrogen-bond acceptors (Lipinski definition) is 5. The van der Waals surface area contributed by atoms with Crippen molar-refractivity contribution >= 4 is 50.3 Å². The molecule has 0 saturated heterocycles. The van der Waals surface area contributed by atoms with Crippen molar-refractivity contribution in [3.05, 3.63) is 87.1 Å². The van der Waals surface area contributed by atoms with Crippen molar-refractivity contribution in [1.29, 1.82) is 0 Å². The number of rotatable bonds is 6. The lowest BCUT2D eigenvalue weighted by atomic mass is 10.0. The summed E-state index contributed by atoms with van der Waals surface area (Å²) < 4.78 is 26.1. The van der Waals surface area contributed by atoms with Gasteiger partial charge in [-0.2, -0.15) is 5.10 Å². The van der Waals surface area contributed by atoms with Gasteiger partial charge in [0.1, 0.15) is 0 Å². The van der Waals surface area contributed by atoms with Crippen LogP contribution in [0.15, 0.2) is 71.1 Å². The first kappa shape index (κ1) is 21.5. The van der Waals surface area contributed by atoms with E-state index in [1.807, 2.05) is 29.6 Å². The average molecular weight is 474 g/mol. The molecule has 9 heteroatoms. The molecule has 1 aromatic heterocycles. The molecule has 1 amide bonds. The average Bonchev–Trinajstić information content (AvgIpc) is 3.43. The van der Waals surface area contributed by atoms with Crippen molar-refractivity contribution in [3.8, 4) is 0 Å². The minimum absolute atomic E-state index is 0.00449. The molecule has 1 atom stereocenters. The van der Waals surface area contributed by atoms with Gasteiger partial charge in [-0.3, -0.25) is 9.52 Å². The van der Waals surface area contributed by atoms with E-state index in [-0.39, 0.29) is 17.7 Å². The van der Waals surface area contributed by atoms with Crippen LogP contribution >= 0.6 is 22.9 Å². The number of nitrogens with one attached hydrogen (secondary N) is 1. The molecule has 0 unspecified atom stereocenters. The number of anilines is 1. The highest BCUT2D eigenvalue weighted by Crippen LogP contribution is 2.36. The molecule has 4 rings (SSSR count). The van der Waals surface area contributed by atoms with Gasteiger partial charge < -0.3 is 0 Å². The minimum atomic E-state index is -3.34. The molecule has 6 nitrogen and oxygen atoms in total. The number of benzene rings is 2. The summed E-state index contributed by atoms with van der Waals surface area (Å²) in [6, 6.07) is 17.6. The zero-order chi connectivity index (χ0) is 22.0. The Hall–Kier alpha value is -2.68. The van der Waals surface area contributed by atoms with E-state index in [1.165, 1.54) is 5.01 Å². The van der Waals surface area contributed by atoms with Crippen LogP contribution in [0, 0.1) is 0 Å². The topological polar surface area (TPSA) is 78.8 Å². The molecule has 1 N–H and O–H groups in total. The normalized spacial score (nSPS) is 16.3. The molecule has 3 aromatic rings. The summed E-state index contributed by atoms with van der Waals surface area (Å²) in [5.74, 6) is -0.215. The van der Waals surface area contributed by atoms with Crippen LogP contribution in [0.4, 0.5) is 5.69 Å². The van der Waals surface area contributed by atoms with E-state index >= 15 is 0 Å². The van der Waals surface area contributed by atoms with Crippen molar-refractivity contribution in [3.63, 3.8) is 0 Å². The summed E-state index contributed by atoms with van der Waals surface area (Å²) in [6.07, 6.45) is 0.562. The summed E-state index contributed by atoms with van der Waals surface area (Å²) in [7, 11) is -3.34. The van der Waals surface area contributed by atoms with Crippen molar-refractivity contribution < 1.29 is 13.2 Å². The largest absolute Gasteiger partial charge is 0.284 e. The second-order valence-electron chi connectivity index (χ2n) is 7.02. The number of carbonyl (C=O) groups is 1. The zero-order valence-corrected chi connectivity index (χ0v) is 19.0. The van der Waals surface area contributed by atoms with Gasteiger partial charge in [0.25, 0.3) is 5.91 Å². The van der Waals surface area contributed by atoms with Crippen molar-refractivity contribution in [2.75, 3.05) is 10.5 Å². The van der Waals surface area contributed by atoms with Crippen LogP contribution in [0.1, 0.15) is 40.2 Å². The van der Waals surface area contributed by atoms with E-state index in [0.717, 1.165) is 16.2 Å². The number of nitrogens with zero attached hydrogens (tertiary/aromatic N) is 2. The quantitative estimate of drug-likeness (QED) is 0.537. The summed E-state index contributed by atoms with van der Waals surface area (Å²) >= 11 is 7.65. The van der Waals surface area contributed by atoms with Gasteiger partial charge in [0.15, 0.2) is 0 Å². The van der Waals surface area contributed by atoms with Gasteiger partial charge in [0.2, 0.25) is 10.0 Å². The Balaban J connectivity index is 1.64. The van der Waals surface area contributed by atoms with Crippen LogP contribution in [0.5, 0.6) is 0 Å². The van der Waals surface area contributed by atoms with Gasteiger partial charge in [-0.05, 0) is 54.3 Å². The Labute approximate surface area is 190 Å². The molecule has 1 aliphatic rings. The maximum atomic E-state index is 13.2. The van der Waals surface area contributed by atoms with Gasteiger partial charge in [-0.15, -0.1) is 11.3 Å². The first-order valence-electron chi connectivity index (χ1n) is 9.67. The smallest absolute Gasteiger partial charge is 0.274 e. The number of amides is 1. The summed E-state index contributed by atoms with van der Waals surface area (Å²) in [4.78, 5) is 14.3. The number of halogens is 1. The number of hydrazone groups is 1. The highest BCUT2D eigenvalue weighted by molar-refractivity contribution is 7.92. The molecule has 0 fully saturated rings. The third-order valence-electron chi connectivity index (χ3n) is 4.93. The van der Waals surface area contributed by atoms with Gasteiger partial charge in [-0.1, -0.05) is 35.9 Å². The Bertz CT molecular complexity index is 1220. The van der Waals surface area contributed by atoms with E-state index in [1.54, 1.807) is 54.7 Å². The number of sulfonamides is 1. The van der Waals surface area contributed by atoms with E-state index in [9.17, 15) is 13.2 Å². The van der Waals surface area contributed by atoms with Gasteiger partial charge in [0.05, 0.1) is 17.5 Å². The molecule has 2 heterocycles. The van der Waals surface area contributed by atoms with Crippen molar-refractivity contribution in [1.82, 2.24) is 5.01 Å². The zero-order valence-electron chi connectivity index (χ0n) is 16.7. The van der Waals surface area contributed by atoms with Crippen LogP contribution < -0.4 is 4.72 Å². The van der Waals surface area contributed by atoms with Crippen LogP contribution in [0.25, 0.3) is 0 Å². The lowest BCUT2D eigenvalue weighted by molar-refractivity contribution is 0.0714. The molecular formula is C22H20ClN3O3S2. The molecular weight excluding hydrogens is 454 g/mol. The predicted octanol–water partition coefficient (Wildman–Crippen LogP) is 5.15. The molecule has 2 aromatic carbocycles. The number of carbonyl (C=O) groups excluding carboxylic acids is 1.